The number of carbonyl (C=O) groups excluding carboxylic acids is 1. The average Bonchev–Trinajstić information content (AvgIpc) is 2.55. The van der Waals surface area contributed by atoms with Crippen molar-refractivity contribution in [3.63, 3.8) is 0 Å². The molecule has 0 fully saturated rings. The molecule has 0 saturated heterocycles. The summed E-state index contributed by atoms with van der Waals surface area (Å²) in [7, 11) is 0. The summed E-state index contributed by atoms with van der Waals surface area (Å²) in [5.74, 6) is 0.151. The Kier molecular flexibility index (Phi) is 3.33. The maximum Gasteiger partial charge on any atom is 0.223 e. The van der Waals surface area contributed by atoms with Gasteiger partial charge in [-0.2, -0.15) is 0 Å². The lowest BCUT2D eigenvalue weighted by Crippen LogP contribution is -2.34. The van der Waals surface area contributed by atoms with Crippen molar-refractivity contribution in [2.24, 2.45) is 5.92 Å². The van der Waals surface area contributed by atoms with Crippen LogP contribution in [0.1, 0.15) is 31.0 Å². The molecule has 1 aliphatic carbocycles. The topological polar surface area (TPSA) is 29.1 Å². The summed E-state index contributed by atoms with van der Waals surface area (Å²) >= 11 is 3.65. The lowest BCUT2D eigenvalue weighted by Gasteiger charge is -2.19. The highest BCUT2D eigenvalue weighted by atomic mass is 79.9. The van der Waals surface area contributed by atoms with Gasteiger partial charge >= 0.3 is 0 Å². The second-order valence-corrected chi connectivity index (χ2v) is 5.74. The zero-order valence-electron chi connectivity index (χ0n) is 9.53. The summed E-state index contributed by atoms with van der Waals surface area (Å²) in [5, 5.41) is 3.10. The number of benzene rings is 1. The van der Waals surface area contributed by atoms with E-state index in [0.717, 1.165) is 6.42 Å². The number of fused-ring (bicyclic) bond motifs is 1. The Morgan fingerprint density at radius 3 is 2.81 bits per heavy atom. The second kappa shape index (κ2) is 4.58. The number of hydrogen-bond acceptors (Lipinski definition) is 1. The SMILES string of the molecule is CC(C)C(=O)NC1c2ccccc2CC1Br. The lowest BCUT2D eigenvalue weighted by atomic mass is 10.1. The molecule has 0 heterocycles. The fourth-order valence-corrected chi connectivity index (χ4v) is 2.80. The number of rotatable bonds is 2. The molecule has 1 amide bonds. The zero-order chi connectivity index (χ0) is 11.7. The van der Waals surface area contributed by atoms with Crippen LogP contribution in [0.4, 0.5) is 0 Å². The fraction of sp³-hybridized carbons (Fsp3) is 0.462. The second-order valence-electron chi connectivity index (χ2n) is 4.56. The normalized spacial score (nSPS) is 23.2. The van der Waals surface area contributed by atoms with Gasteiger partial charge in [0.25, 0.3) is 0 Å². The number of halogens is 1. The van der Waals surface area contributed by atoms with E-state index in [9.17, 15) is 4.79 Å². The molecular weight excluding hydrogens is 266 g/mol. The largest absolute Gasteiger partial charge is 0.348 e. The molecule has 0 radical (unpaired) electrons. The molecule has 2 unspecified atom stereocenters. The maximum absolute atomic E-state index is 11.7. The summed E-state index contributed by atoms with van der Waals surface area (Å²) in [6.07, 6.45) is 0.985. The molecule has 0 aromatic heterocycles. The Hall–Kier alpha value is -0.830. The van der Waals surface area contributed by atoms with Crippen LogP contribution in [0.25, 0.3) is 0 Å². The Bertz CT molecular complexity index is 403. The molecule has 1 aliphatic rings. The number of alkyl halides is 1. The Labute approximate surface area is 105 Å². The van der Waals surface area contributed by atoms with Gasteiger partial charge in [0.2, 0.25) is 5.91 Å². The van der Waals surface area contributed by atoms with Crippen LogP contribution in [-0.2, 0) is 11.2 Å². The third kappa shape index (κ3) is 2.14. The molecule has 1 N–H and O–H groups in total. The molecular formula is C13H16BrNO. The van der Waals surface area contributed by atoms with Crippen molar-refractivity contribution < 1.29 is 4.79 Å². The van der Waals surface area contributed by atoms with Crippen LogP contribution in [0.3, 0.4) is 0 Å². The third-order valence-corrected chi connectivity index (χ3v) is 3.84. The summed E-state index contributed by atoms with van der Waals surface area (Å²) in [4.78, 5) is 12.0. The molecule has 1 aromatic rings. The van der Waals surface area contributed by atoms with Crippen molar-refractivity contribution in [1.29, 1.82) is 0 Å². The van der Waals surface area contributed by atoms with Crippen molar-refractivity contribution in [2.75, 3.05) is 0 Å². The third-order valence-electron chi connectivity index (χ3n) is 2.99. The molecule has 0 spiro atoms. The van der Waals surface area contributed by atoms with E-state index < -0.39 is 0 Å². The van der Waals surface area contributed by atoms with Crippen molar-refractivity contribution in [2.45, 2.75) is 31.1 Å². The Balaban J connectivity index is 2.19. The molecule has 2 rings (SSSR count). The van der Waals surface area contributed by atoms with Gasteiger partial charge in [0, 0.05) is 10.7 Å². The predicted octanol–water partition coefficient (Wildman–Crippen LogP) is 2.82. The van der Waals surface area contributed by atoms with Gasteiger partial charge in [-0.3, -0.25) is 4.79 Å². The number of nitrogens with one attached hydrogen (secondary N) is 1. The van der Waals surface area contributed by atoms with Crippen LogP contribution in [0.2, 0.25) is 0 Å². The van der Waals surface area contributed by atoms with Gasteiger partial charge in [-0.25, -0.2) is 0 Å². The first-order valence-electron chi connectivity index (χ1n) is 5.62. The van der Waals surface area contributed by atoms with E-state index in [4.69, 9.17) is 0 Å². The van der Waals surface area contributed by atoms with Gasteiger partial charge in [0.1, 0.15) is 0 Å². The highest BCUT2D eigenvalue weighted by molar-refractivity contribution is 9.09. The van der Waals surface area contributed by atoms with Crippen molar-refractivity contribution in [1.82, 2.24) is 5.32 Å². The summed E-state index contributed by atoms with van der Waals surface area (Å²) in [6, 6.07) is 8.42. The summed E-state index contributed by atoms with van der Waals surface area (Å²) in [5.41, 5.74) is 2.58. The van der Waals surface area contributed by atoms with E-state index in [2.05, 4.69) is 33.4 Å². The highest BCUT2D eigenvalue weighted by Gasteiger charge is 2.31. The van der Waals surface area contributed by atoms with E-state index in [1.807, 2.05) is 26.0 Å². The summed E-state index contributed by atoms with van der Waals surface area (Å²) < 4.78 is 0. The molecule has 3 heteroatoms. The van der Waals surface area contributed by atoms with Gasteiger partial charge in [0.05, 0.1) is 6.04 Å². The van der Waals surface area contributed by atoms with Gasteiger partial charge in [0.15, 0.2) is 0 Å². The van der Waals surface area contributed by atoms with Crippen molar-refractivity contribution >= 4 is 21.8 Å². The Morgan fingerprint density at radius 2 is 2.12 bits per heavy atom. The molecule has 16 heavy (non-hydrogen) atoms. The molecule has 2 nitrogen and oxygen atoms in total. The number of hydrogen-bond donors (Lipinski definition) is 1. The zero-order valence-corrected chi connectivity index (χ0v) is 11.1. The maximum atomic E-state index is 11.7. The quantitative estimate of drug-likeness (QED) is 0.830. The van der Waals surface area contributed by atoms with Crippen molar-refractivity contribution in [3.05, 3.63) is 35.4 Å². The smallest absolute Gasteiger partial charge is 0.223 e. The van der Waals surface area contributed by atoms with Crippen LogP contribution in [0.5, 0.6) is 0 Å². The molecule has 0 bridgehead atoms. The van der Waals surface area contributed by atoms with Gasteiger partial charge < -0.3 is 5.32 Å². The van der Waals surface area contributed by atoms with E-state index in [0.29, 0.717) is 4.83 Å². The Morgan fingerprint density at radius 1 is 1.44 bits per heavy atom. The van der Waals surface area contributed by atoms with Gasteiger partial charge in [-0.1, -0.05) is 54.0 Å². The minimum Gasteiger partial charge on any atom is -0.348 e. The first-order chi connectivity index (χ1) is 7.59. The average molecular weight is 282 g/mol. The molecule has 0 aliphatic heterocycles. The first-order valence-corrected chi connectivity index (χ1v) is 6.53. The van der Waals surface area contributed by atoms with E-state index in [-0.39, 0.29) is 17.9 Å². The van der Waals surface area contributed by atoms with Gasteiger partial charge in [-0.05, 0) is 17.5 Å². The minimum absolute atomic E-state index is 0.0347. The standard InChI is InChI=1S/C13H16BrNO/c1-8(2)13(16)15-12-10-6-4-3-5-9(10)7-11(12)14/h3-6,8,11-12H,7H2,1-2H3,(H,15,16). The van der Waals surface area contributed by atoms with Crippen LogP contribution >= 0.6 is 15.9 Å². The van der Waals surface area contributed by atoms with Gasteiger partial charge in [-0.15, -0.1) is 0 Å². The highest BCUT2D eigenvalue weighted by Crippen LogP contribution is 2.35. The summed E-state index contributed by atoms with van der Waals surface area (Å²) in [6.45, 7) is 3.83. The van der Waals surface area contributed by atoms with Crippen LogP contribution in [-0.4, -0.2) is 10.7 Å². The molecule has 0 saturated carbocycles. The number of amides is 1. The van der Waals surface area contributed by atoms with Crippen LogP contribution in [0.15, 0.2) is 24.3 Å². The monoisotopic (exact) mass is 281 g/mol. The number of carbonyl (C=O) groups is 1. The van der Waals surface area contributed by atoms with E-state index in [1.165, 1.54) is 11.1 Å². The first kappa shape index (κ1) is 11.6. The van der Waals surface area contributed by atoms with Crippen molar-refractivity contribution in [3.8, 4) is 0 Å². The molecule has 1 aromatic carbocycles. The van der Waals surface area contributed by atoms with Crippen LogP contribution < -0.4 is 5.32 Å². The fourth-order valence-electron chi connectivity index (χ4n) is 2.03. The van der Waals surface area contributed by atoms with E-state index in [1.54, 1.807) is 0 Å². The predicted molar refractivity (Wildman–Crippen MR) is 68.6 cm³/mol. The molecule has 86 valence electrons. The van der Waals surface area contributed by atoms with E-state index >= 15 is 0 Å². The molecule has 2 atom stereocenters. The lowest BCUT2D eigenvalue weighted by molar-refractivity contribution is -0.124. The minimum atomic E-state index is 0.0347. The van der Waals surface area contributed by atoms with Crippen LogP contribution in [0, 0.1) is 5.92 Å².